The van der Waals surface area contributed by atoms with Crippen molar-refractivity contribution in [3.05, 3.63) is 42.0 Å². The Bertz CT molecular complexity index is 1180. The summed E-state index contributed by atoms with van der Waals surface area (Å²) < 4.78 is 17.7. The smallest absolute Gasteiger partial charge is 0.260 e. The minimum Gasteiger partial charge on any atom is -0.461 e. The van der Waals surface area contributed by atoms with Gasteiger partial charge in [0.2, 0.25) is 6.29 Å². The number of aliphatic hydroxyl groups excluding tert-OH is 3. The summed E-state index contributed by atoms with van der Waals surface area (Å²) in [4.78, 5) is 23.3. The second kappa shape index (κ2) is 8.44. The lowest BCUT2D eigenvalue weighted by atomic mass is 9.47. The average molecular weight is 513 g/mol. The molecule has 4 saturated carbocycles. The lowest BCUT2D eigenvalue weighted by molar-refractivity contribution is -0.645. The number of hydrogen-bond acceptors (Lipinski definition) is 9. The zero-order chi connectivity index (χ0) is 25.5. The van der Waals surface area contributed by atoms with Crippen molar-refractivity contribution in [2.24, 2.45) is 23.7 Å². The highest BCUT2D eigenvalue weighted by atomic mass is 17.3. The summed E-state index contributed by atoms with van der Waals surface area (Å²) in [7, 11) is 1.67. The van der Waals surface area contributed by atoms with E-state index >= 15 is 0 Å². The molecule has 2 saturated heterocycles. The molecule has 0 aromatic heterocycles. The number of carbonyl (C=O) groups is 1. The number of benzene rings is 2. The minimum absolute atomic E-state index is 0.374. The third-order valence-corrected chi connectivity index (χ3v) is 9.66. The van der Waals surface area contributed by atoms with Gasteiger partial charge in [-0.2, -0.15) is 4.89 Å². The van der Waals surface area contributed by atoms with Gasteiger partial charge in [0, 0.05) is 18.1 Å². The van der Waals surface area contributed by atoms with Crippen LogP contribution in [0.15, 0.2) is 36.4 Å². The first-order valence-electron chi connectivity index (χ1n) is 13.2. The number of rotatable bonds is 5. The van der Waals surface area contributed by atoms with Crippen LogP contribution in [0.1, 0.15) is 37.7 Å². The van der Waals surface area contributed by atoms with Crippen molar-refractivity contribution in [1.29, 1.82) is 0 Å². The highest BCUT2D eigenvalue weighted by molar-refractivity contribution is 5.89. The second-order valence-corrected chi connectivity index (χ2v) is 11.5. The molecule has 0 amide bonds. The molecule has 6 fully saturated rings. The molecule has 198 valence electrons. The molecule has 37 heavy (non-hydrogen) atoms. The number of fused-ring (bicyclic) bond motifs is 1. The molecule has 9 heteroatoms. The van der Waals surface area contributed by atoms with E-state index in [1.807, 2.05) is 30.3 Å². The van der Waals surface area contributed by atoms with E-state index in [0.717, 1.165) is 53.9 Å². The summed E-state index contributed by atoms with van der Waals surface area (Å²) in [6, 6.07) is 11.4. The third-order valence-electron chi connectivity index (χ3n) is 9.66. The quantitative estimate of drug-likeness (QED) is 0.408. The first kappa shape index (κ1) is 24.0. The van der Waals surface area contributed by atoms with E-state index in [2.05, 4.69) is 0 Å². The zero-order valence-corrected chi connectivity index (χ0v) is 20.6. The summed E-state index contributed by atoms with van der Waals surface area (Å²) in [6.45, 7) is 0. The summed E-state index contributed by atoms with van der Waals surface area (Å²) in [5.74, 6) is 1.61. The number of carbonyl (C=O) groups excluding carboxylic acids is 1. The topological polar surface area (TPSA) is 124 Å². The molecule has 6 aliphatic rings. The van der Waals surface area contributed by atoms with E-state index in [1.54, 1.807) is 13.2 Å². The first-order valence-corrected chi connectivity index (χ1v) is 13.2. The van der Waals surface area contributed by atoms with E-state index in [-0.39, 0.29) is 0 Å². The Balaban J connectivity index is 1.26. The van der Waals surface area contributed by atoms with Gasteiger partial charge in [-0.3, -0.25) is 0 Å². The van der Waals surface area contributed by atoms with Gasteiger partial charge in [0.1, 0.15) is 30.2 Å². The predicted molar refractivity (Wildman–Crippen MR) is 128 cm³/mol. The van der Waals surface area contributed by atoms with Gasteiger partial charge in [-0.1, -0.05) is 24.3 Å². The third kappa shape index (κ3) is 3.19. The van der Waals surface area contributed by atoms with Crippen LogP contribution in [0.5, 0.6) is 5.75 Å². The Hall–Kier alpha value is -2.11. The van der Waals surface area contributed by atoms with Crippen LogP contribution in [0.25, 0.3) is 10.8 Å². The van der Waals surface area contributed by atoms with Crippen LogP contribution in [0.2, 0.25) is 0 Å². The zero-order valence-electron chi connectivity index (χ0n) is 20.6. The Morgan fingerprint density at radius 1 is 0.919 bits per heavy atom. The van der Waals surface area contributed by atoms with Crippen LogP contribution in [-0.2, 0) is 29.8 Å². The number of methoxy groups -OCH3 is 1. The molecule has 9 nitrogen and oxygen atoms in total. The van der Waals surface area contributed by atoms with Crippen LogP contribution in [0.4, 0.5) is 0 Å². The molecular formula is C28H32O9. The van der Waals surface area contributed by atoms with Crippen LogP contribution in [-0.4, -0.2) is 65.0 Å². The highest BCUT2D eigenvalue weighted by Crippen LogP contribution is 2.69. The van der Waals surface area contributed by atoms with Gasteiger partial charge in [-0.25, -0.2) is 4.89 Å². The van der Waals surface area contributed by atoms with Crippen molar-refractivity contribution in [2.75, 3.05) is 7.11 Å². The fourth-order valence-electron chi connectivity index (χ4n) is 8.12. The summed E-state index contributed by atoms with van der Waals surface area (Å²) in [6.07, 6.45) is -1.10. The van der Waals surface area contributed by atoms with Gasteiger partial charge in [-0.05, 0) is 73.3 Å². The maximum absolute atomic E-state index is 11.3. The van der Waals surface area contributed by atoms with E-state index in [4.69, 9.17) is 24.0 Å². The number of aldehydes is 1. The van der Waals surface area contributed by atoms with Crippen molar-refractivity contribution < 1.29 is 44.1 Å². The second-order valence-electron chi connectivity index (χ2n) is 11.5. The summed E-state index contributed by atoms with van der Waals surface area (Å²) in [5, 5.41) is 32.3. The molecule has 4 bridgehead atoms. The minimum atomic E-state index is -1.59. The molecule has 2 aromatic rings. The lowest BCUT2D eigenvalue weighted by Gasteiger charge is -2.68. The fraction of sp³-hybridized carbons (Fsp3) is 0.607. The standard InChI is InChI=1S/C28H32O9/c1-33-28(27(36-37-28)18-8-14-7-15(10-18)11-19(27)9-14)17-6-5-16-3-2-4-21(20(16)12-17)34-26-25(32)24(31)23(30)22(13-29)35-26/h2-6,12-15,18-19,22-26,30-32H,7-11H2,1H3. The molecule has 8 rings (SSSR count). The van der Waals surface area contributed by atoms with Gasteiger partial charge in [0.15, 0.2) is 11.9 Å². The van der Waals surface area contributed by atoms with Gasteiger partial charge in [0.25, 0.3) is 5.79 Å². The molecular weight excluding hydrogens is 480 g/mol. The maximum Gasteiger partial charge on any atom is 0.260 e. The predicted octanol–water partition coefficient (Wildman–Crippen LogP) is 2.18. The SMILES string of the molecule is COC1(c2ccc3cccc(OC4OC(C=O)C(O)C(O)C4O)c3c2)OOC12C1CC3CC(C1)CC2C3. The van der Waals surface area contributed by atoms with Crippen molar-refractivity contribution in [2.45, 2.75) is 74.2 Å². The van der Waals surface area contributed by atoms with Gasteiger partial charge >= 0.3 is 0 Å². The van der Waals surface area contributed by atoms with Crippen molar-refractivity contribution in [3.63, 3.8) is 0 Å². The Kier molecular flexibility index (Phi) is 5.47. The monoisotopic (exact) mass is 512 g/mol. The molecule has 4 aliphatic carbocycles. The average Bonchev–Trinajstić information content (AvgIpc) is 2.89. The van der Waals surface area contributed by atoms with Gasteiger partial charge in [-0.15, -0.1) is 0 Å². The molecule has 6 atom stereocenters. The molecule has 2 heterocycles. The van der Waals surface area contributed by atoms with Gasteiger partial charge in [0.05, 0.1) is 0 Å². The number of aliphatic hydroxyl groups is 3. The maximum atomic E-state index is 11.3. The van der Waals surface area contributed by atoms with Crippen molar-refractivity contribution in [1.82, 2.24) is 0 Å². The normalized spacial score (nSPS) is 46.2. The van der Waals surface area contributed by atoms with Crippen LogP contribution < -0.4 is 4.74 Å². The molecule has 0 radical (unpaired) electrons. The Morgan fingerprint density at radius 2 is 1.65 bits per heavy atom. The van der Waals surface area contributed by atoms with Crippen LogP contribution in [0.3, 0.4) is 0 Å². The molecule has 6 unspecified atom stereocenters. The van der Waals surface area contributed by atoms with Crippen LogP contribution >= 0.6 is 0 Å². The molecule has 3 N–H and O–H groups in total. The van der Waals surface area contributed by atoms with Crippen molar-refractivity contribution >= 4 is 17.1 Å². The lowest BCUT2D eigenvalue weighted by Crippen LogP contribution is -2.76. The van der Waals surface area contributed by atoms with Crippen LogP contribution in [0, 0.1) is 23.7 Å². The summed E-state index contributed by atoms with van der Waals surface area (Å²) in [5.41, 5.74) is 0.294. The van der Waals surface area contributed by atoms with Crippen molar-refractivity contribution in [3.8, 4) is 5.75 Å². The largest absolute Gasteiger partial charge is 0.461 e. The van der Waals surface area contributed by atoms with E-state index in [0.29, 0.717) is 23.9 Å². The highest BCUT2D eigenvalue weighted by Gasteiger charge is 2.76. The van der Waals surface area contributed by atoms with E-state index in [9.17, 15) is 20.1 Å². The Morgan fingerprint density at radius 3 is 2.27 bits per heavy atom. The molecule has 2 aliphatic heterocycles. The Labute approximate surface area is 214 Å². The fourth-order valence-corrected chi connectivity index (χ4v) is 8.12. The van der Waals surface area contributed by atoms with E-state index in [1.165, 1.54) is 6.42 Å². The van der Waals surface area contributed by atoms with Gasteiger partial charge < -0.3 is 34.3 Å². The van der Waals surface area contributed by atoms with E-state index < -0.39 is 42.1 Å². The number of ether oxygens (including phenoxy) is 3. The summed E-state index contributed by atoms with van der Waals surface area (Å²) >= 11 is 0. The number of hydrogen-bond donors (Lipinski definition) is 3. The molecule has 2 aromatic carbocycles. The first-order chi connectivity index (χ1) is 17.9. The molecule has 1 spiro atoms.